The summed E-state index contributed by atoms with van der Waals surface area (Å²) in [4.78, 5) is 33.0. The summed E-state index contributed by atoms with van der Waals surface area (Å²) in [5.74, 6) is -0.0212. The van der Waals surface area contributed by atoms with Crippen molar-refractivity contribution < 1.29 is 65.5 Å². The molecule has 41 heavy (non-hydrogen) atoms. The summed E-state index contributed by atoms with van der Waals surface area (Å²) in [6, 6.07) is 9.85. The van der Waals surface area contributed by atoms with Gasteiger partial charge in [0.15, 0.2) is 13.1 Å². The maximum atomic E-state index is 13.2. The van der Waals surface area contributed by atoms with Gasteiger partial charge in [0.25, 0.3) is 11.8 Å². The summed E-state index contributed by atoms with van der Waals surface area (Å²) in [7, 11) is 2.15. The molecule has 1 aliphatic heterocycles. The third kappa shape index (κ3) is 16.2. The molecular weight excluding hydrogens is 539 g/mol. The van der Waals surface area contributed by atoms with E-state index in [0.717, 1.165) is 76.7 Å². The van der Waals surface area contributed by atoms with E-state index in [2.05, 4.69) is 40.6 Å². The molecule has 8 nitrogen and oxygen atoms in total. The molecule has 4 N–H and O–H groups in total. The first-order valence-corrected chi connectivity index (χ1v) is 14.9. The van der Waals surface area contributed by atoms with Crippen molar-refractivity contribution in [3.8, 4) is 0 Å². The van der Waals surface area contributed by atoms with E-state index in [1.54, 1.807) is 6.92 Å². The molecule has 2 rings (SSSR count). The van der Waals surface area contributed by atoms with Crippen LogP contribution in [0.15, 0.2) is 46.6 Å². The maximum absolute atomic E-state index is 13.2. The number of hydrogen-bond acceptors (Lipinski definition) is 4. The van der Waals surface area contributed by atoms with Crippen molar-refractivity contribution in [2.45, 2.75) is 71.8 Å². The number of allylic oxidation sites excluding steroid dienone is 1. The second-order valence-corrected chi connectivity index (χ2v) is 11.1. The molecule has 1 aliphatic rings. The van der Waals surface area contributed by atoms with Crippen molar-refractivity contribution in [2.75, 3.05) is 52.9 Å². The number of benzene rings is 1. The minimum absolute atomic E-state index is 0. The van der Waals surface area contributed by atoms with E-state index in [4.69, 9.17) is 12.3 Å². The Kier molecular flexibility index (Phi) is 19.6. The third-order valence-corrected chi connectivity index (χ3v) is 7.30. The first-order chi connectivity index (χ1) is 19.2. The first kappa shape index (κ1) is 37.7. The van der Waals surface area contributed by atoms with Gasteiger partial charge in [-0.2, -0.15) is 0 Å². The van der Waals surface area contributed by atoms with Crippen LogP contribution in [-0.4, -0.2) is 79.9 Å². The summed E-state index contributed by atoms with van der Waals surface area (Å²) < 4.78 is 0.431. The number of nitrogens with two attached hydrogens (primary N) is 1. The number of carbonyl (C=O) groups excluding carboxylic acids is 2. The van der Waals surface area contributed by atoms with Gasteiger partial charge in [-0.3, -0.25) is 26.4 Å². The molecule has 1 fully saturated rings. The van der Waals surface area contributed by atoms with Crippen LogP contribution in [0.4, 0.5) is 0 Å². The summed E-state index contributed by atoms with van der Waals surface area (Å²) in [6.45, 7) is 15.3. The number of nitrogens with zero attached hydrogens (tertiary/aromatic N) is 3. The molecule has 2 amide bonds. The molecule has 0 radical (unpaired) electrons. The molecule has 9 heteroatoms. The van der Waals surface area contributed by atoms with Gasteiger partial charge in [-0.25, -0.2) is 0 Å². The normalized spacial score (nSPS) is 15.5. The summed E-state index contributed by atoms with van der Waals surface area (Å²) in [5.41, 5.74) is 7.90. The Morgan fingerprint density at radius 1 is 1.02 bits per heavy atom. The van der Waals surface area contributed by atoms with Gasteiger partial charge in [0, 0.05) is 18.9 Å². The molecule has 0 aromatic heterocycles. The molecule has 0 unspecified atom stereocenters. The number of carbonyl (C=O) groups is 2. The molecule has 1 saturated heterocycles. The van der Waals surface area contributed by atoms with Gasteiger partial charge in [0.05, 0.1) is 13.1 Å². The van der Waals surface area contributed by atoms with Crippen molar-refractivity contribution in [2.24, 2.45) is 10.7 Å². The van der Waals surface area contributed by atoms with E-state index >= 15 is 0 Å². The van der Waals surface area contributed by atoms with Gasteiger partial charge in [0.2, 0.25) is 0 Å². The number of likely N-dealkylation sites (tertiary alicyclic amines) is 1. The summed E-state index contributed by atoms with van der Waals surface area (Å²) in [6.07, 6.45) is 11.5. The first-order valence-electron chi connectivity index (χ1n) is 14.9. The fourth-order valence-corrected chi connectivity index (χ4v) is 5.13. The molecule has 1 heterocycles. The van der Waals surface area contributed by atoms with Crippen LogP contribution >= 0.6 is 0 Å². The second-order valence-electron chi connectivity index (χ2n) is 11.1. The fourth-order valence-electron chi connectivity index (χ4n) is 5.13. The van der Waals surface area contributed by atoms with Gasteiger partial charge in [-0.1, -0.05) is 43.7 Å². The van der Waals surface area contributed by atoms with Crippen LogP contribution < -0.4 is 67.8 Å². The van der Waals surface area contributed by atoms with Crippen molar-refractivity contribution in [1.29, 1.82) is 0 Å². The Labute approximate surface area is 291 Å². The van der Waals surface area contributed by atoms with Crippen LogP contribution in [0.3, 0.4) is 0 Å². The maximum Gasteiger partial charge on any atom is 1.00 e. The monoisotopic (exact) mass is 590 g/mol. The van der Waals surface area contributed by atoms with Crippen LogP contribution in [0.25, 0.3) is 0 Å². The number of nitrogens with one attached hydrogen (secondary N) is 2. The van der Waals surface area contributed by atoms with Crippen LogP contribution in [0.2, 0.25) is 0 Å². The predicted octanol–water partition coefficient (Wildman–Crippen LogP) is 0.749. The predicted molar refractivity (Wildman–Crippen MR) is 163 cm³/mol. The topological polar surface area (TPSA) is 99.8 Å². The van der Waals surface area contributed by atoms with Crippen LogP contribution in [-0.2, 0) is 16.1 Å². The van der Waals surface area contributed by atoms with E-state index in [1.807, 2.05) is 30.3 Å². The molecule has 1 aromatic rings. The zero-order valence-corrected chi connectivity index (χ0v) is 29.1. The average molecular weight is 591 g/mol. The molecule has 222 valence electrons. The smallest absolute Gasteiger partial charge is 0.433 e. The van der Waals surface area contributed by atoms with Crippen LogP contribution in [0.1, 0.15) is 70.8 Å². The minimum Gasteiger partial charge on any atom is -0.433 e. The number of unbranched alkanes of at least 4 members (excludes halogenated alkanes) is 2. The van der Waals surface area contributed by atoms with Crippen molar-refractivity contribution in [3.05, 3.63) is 59.8 Å². The van der Waals surface area contributed by atoms with Crippen molar-refractivity contribution in [1.82, 2.24) is 15.5 Å². The number of rotatable bonds is 17. The number of hydrogen-bond donors (Lipinski definition) is 3. The quantitative estimate of drug-likeness (QED) is 0.0474. The van der Waals surface area contributed by atoms with Gasteiger partial charge in [-0.05, 0) is 70.6 Å². The largest absolute Gasteiger partial charge is 1.00 e. The standard InChI is InChI=1S/C32H51N6O2.K/c1-5-19-37(4)20-13-9-12-18-34-30(33)23-29(27(2)3)36-32(40)26-38(21-14-6-7-15-22-38)25-31(39)35-24-28-16-10-8-11-17-28;/h2,8,10-11,16-17H,5-7,9,12-15,18-22,24-26H2,1,3-4H3,(H2,33,34)(H,35,39)(H,36,40);/q-1;+1. The molecule has 0 spiro atoms. The van der Waals surface area contributed by atoms with Gasteiger partial charge in [0.1, 0.15) is 0 Å². The SMILES string of the molecule is [CH-]=C(C)C(=[C-]C(N)=NCCCCCN(C)CCC)NC(=O)C[N+]1(CC(=O)NCc2ccccc2)CCCCCC1.[K+]. The van der Waals surface area contributed by atoms with Crippen LogP contribution in [0.5, 0.6) is 0 Å². The Balaban J connectivity index is 0.00000840. The number of aliphatic imine (C=N–C) groups is 1. The third-order valence-electron chi connectivity index (χ3n) is 7.30. The van der Waals surface area contributed by atoms with E-state index in [-0.39, 0.29) is 82.1 Å². The second kappa shape index (κ2) is 21.4. The molecule has 0 saturated carbocycles. The minimum atomic E-state index is -0.200. The zero-order chi connectivity index (χ0) is 29.2. The van der Waals surface area contributed by atoms with E-state index < -0.39 is 0 Å². The number of amides is 2. The Morgan fingerprint density at radius 2 is 1.68 bits per heavy atom. The van der Waals surface area contributed by atoms with Crippen molar-refractivity contribution >= 4 is 17.6 Å². The average Bonchev–Trinajstić information content (AvgIpc) is 3.14. The molecule has 0 bridgehead atoms. The van der Waals surface area contributed by atoms with Gasteiger partial charge >= 0.3 is 51.4 Å². The van der Waals surface area contributed by atoms with E-state index in [1.165, 1.54) is 6.42 Å². The Morgan fingerprint density at radius 3 is 2.32 bits per heavy atom. The summed E-state index contributed by atoms with van der Waals surface area (Å²) in [5, 5.41) is 5.93. The van der Waals surface area contributed by atoms with Crippen LogP contribution in [0, 0.1) is 12.7 Å². The Hall–Kier alpha value is -1.33. The summed E-state index contributed by atoms with van der Waals surface area (Å²) >= 11 is 0. The van der Waals surface area contributed by atoms with Gasteiger partial charge in [-0.15, -0.1) is 6.92 Å². The fraction of sp³-hybridized carbons (Fsp3) is 0.594. The molecule has 1 aromatic carbocycles. The van der Waals surface area contributed by atoms with E-state index in [9.17, 15) is 9.59 Å². The van der Waals surface area contributed by atoms with Crippen molar-refractivity contribution in [3.63, 3.8) is 0 Å². The van der Waals surface area contributed by atoms with Gasteiger partial charge < -0.3 is 37.9 Å². The molecular formula is C32H51KN6O2. The molecule has 0 atom stereocenters. The number of quaternary nitrogens is 1. The Bertz CT molecular complexity index is 987. The number of amidine groups is 1. The zero-order valence-electron chi connectivity index (χ0n) is 26.0. The molecule has 0 aliphatic carbocycles. The van der Waals surface area contributed by atoms with E-state index in [0.29, 0.717) is 28.8 Å².